The maximum absolute atomic E-state index is 15.3. The second-order valence-electron chi connectivity index (χ2n) is 27.2. The van der Waals surface area contributed by atoms with Crippen molar-refractivity contribution in [3.8, 4) is 23.6 Å². The number of fused-ring (bicyclic) bond motifs is 3. The molecule has 0 spiro atoms. The van der Waals surface area contributed by atoms with Crippen LogP contribution in [-0.4, -0.2) is 140 Å². The first kappa shape index (κ1) is 79.0. The predicted octanol–water partition coefficient (Wildman–Crippen LogP) is 9.74. The molecule has 2 unspecified atom stereocenters. The number of nitrogens with one attached hydrogen (secondary N) is 2. The van der Waals surface area contributed by atoms with E-state index in [1.165, 1.54) is 61.0 Å². The third kappa shape index (κ3) is 17.3. The van der Waals surface area contributed by atoms with Gasteiger partial charge in [-0.25, -0.2) is 28.1 Å². The van der Waals surface area contributed by atoms with Crippen molar-refractivity contribution in [2.45, 2.75) is 205 Å². The SMILES string of the molecule is CCC(=O)O[C@H]1[C@@H](OC(=O)CC)[C@](C#N)(c2ccc3c(N)nc(C4CCC(OC(=O)[C@H](C)NP(=O)(OC[C@H]5O[C@@](C#N)(c6ccc7c(N)ncnn67)[C@H](OC(C)=O)[C@@H]5OC(C)=O)Oc5ccc(C(C)(C)C)cc5)CC4)nn23)O[C@@H]1COP(=O)(N[C@@H](C)C(=O)OCC(CC)CC)Oc1cccc2ccccc12. The molecule has 566 valence electrons. The molecule has 1 aliphatic carbocycles. The molecule has 4 aromatic heterocycles. The van der Waals surface area contributed by atoms with Crippen LogP contribution in [0.2, 0.25) is 0 Å². The van der Waals surface area contributed by atoms with Gasteiger partial charge in [0, 0.05) is 38.0 Å². The van der Waals surface area contributed by atoms with E-state index >= 15 is 9.13 Å². The van der Waals surface area contributed by atoms with E-state index in [-0.39, 0.29) is 95.0 Å². The molecular weight excluding hydrogens is 1410 g/mol. The van der Waals surface area contributed by atoms with Crippen LogP contribution in [0.3, 0.4) is 0 Å². The Bertz CT molecular complexity index is 4580. The fraction of sp³-hybridized carbons (Fsp3) is 0.500. The second kappa shape index (κ2) is 33.0. The van der Waals surface area contributed by atoms with E-state index in [2.05, 4.69) is 37.4 Å². The summed E-state index contributed by atoms with van der Waals surface area (Å²) in [4.78, 5) is 89.2. The van der Waals surface area contributed by atoms with Gasteiger partial charge in [0.2, 0.25) is 11.2 Å². The Morgan fingerprint density at radius 1 is 0.660 bits per heavy atom. The Hall–Kier alpha value is -9.62. The summed E-state index contributed by atoms with van der Waals surface area (Å²) < 4.78 is 106. The van der Waals surface area contributed by atoms with Gasteiger partial charge in [-0.05, 0) is 104 Å². The van der Waals surface area contributed by atoms with Crippen LogP contribution >= 0.6 is 15.5 Å². The van der Waals surface area contributed by atoms with E-state index in [4.69, 9.17) is 72.6 Å². The molecule has 10 rings (SSSR count). The van der Waals surface area contributed by atoms with Crippen LogP contribution in [0, 0.1) is 28.6 Å². The third-order valence-corrected chi connectivity index (χ3v) is 22.0. The van der Waals surface area contributed by atoms with Gasteiger partial charge in [0.15, 0.2) is 41.9 Å². The van der Waals surface area contributed by atoms with E-state index in [0.29, 0.717) is 18.2 Å². The van der Waals surface area contributed by atoms with Crippen LogP contribution < -0.4 is 30.7 Å². The average Bonchev–Trinajstić information content (AvgIpc) is 1.57. The number of ether oxygens (including phenoxy) is 8. The normalized spacial score (nSPS) is 24.0. The lowest BCUT2D eigenvalue weighted by molar-refractivity contribution is -0.169. The zero-order valence-electron chi connectivity index (χ0n) is 60.7. The second-order valence-corrected chi connectivity index (χ2v) is 30.5. The number of hydrogen-bond donors (Lipinski definition) is 4. The van der Waals surface area contributed by atoms with Gasteiger partial charge in [-0.15, -0.1) is 0 Å². The van der Waals surface area contributed by atoms with Crippen LogP contribution in [0.5, 0.6) is 11.5 Å². The van der Waals surface area contributed by atoms with Gasteiger partial charge in [-0.2, -0.15) is 30.9 Å². The minimum absolute atomic E-state index is 0.00464. The molecular formula is C72H88N12O20P2. The predicted molar refractivity (Wildman–Crippen MR) is 379 cm³/mol. The highest BCUT2D eigenvalue weighted by Gasteiger charge is 2.64. The molecule has 7 aromatic rings. The monoisotopic (exact) mass is 1500 g/mol. The highest BCUT2D eigenvalue weighted by molar-refractivity contribution is 7.52. The van der Waals surface area contributed by atoms with Gasteiger partial charge in [0.25, 0.3) is 0 Å². The summed E-state index contributed by atoms with van der Waals surface area (Å²) in [6.07, 6.45) is -7.02. The fourth-order valence-electron chi connectivity index (χ4n) is 12.9. The number of aromatic nitrogens is 6. The molecule has 0 amide bonds. The molecule has 3 aliphatic rings. The molecule has 6 heterocycles. The lowest BCUT2D eigenvalue weighted by atomic mass is 9.87. The van der Waals surface area contributed by atoms with Crippen LogP contribution in [0.1, 0.15) is 156 Å². The summed E-state index contributed by atoms with van der Waals surface area (Å²) >= 11 is 0. The summed E-state index contributed by atoms with van der Waals surface area (Å²) in [5.41, 5.74) is 9.25. The van der Waals surface area contributed by atoms with Crippen molar-refractivity contribution >= 4 is 84.8 Å². The van der Waals surface area contributed by atoms with E-state index in [1.54, 1.807) is 48.5 Å². The molecule has 0 bridgehead atoms. The van der Waals surface area contributed by atoms with Crippen molar-refractivity contribution in [3.63, 3.8) is 0 Å². The molecule has 2 saturated heterocycles. The number of esters is 6. The van der Waals surface area contributed by atoms with Crippen molar-refractivity contribution in [1.82, 2.24) is 39.4 Å². The number of anilines is 2. The lowest BCUT2D eigenvalue weighted by Gasteiger charge is -2.30. The Morgan fingerprint density at radius 3 is 1.79 bits per heavy atom. The Balaban J connectivity index is 0.884. The van der Waals surface area contributed by atoms with Crippen molar-refractivity contribution in [2.75, 3.05) is 31.3 Å². The molecule has 12 atom stereocenters. The number of hydrogen-bond acceptors (Lipinski definition) is 28. The van der Waals surface area contributed by atoms with Gasteiger partial charge < -0.3 is 58.4 Å². The Kier molecular flexibility index (Phi) is 24.6. The van der Waals surface area contributed by atoms with E-state index in [0.717, 1.165) is 44.0 Å². The third-order valence-electron chi connectivity index (χ3n) is 18.7. The van der Waals surface area contributed by atoms with Gasteiger partial charge >= 0.3 is 51.3 Å². The highest BCUT2D eigenvalue weighted by Crippen LogP contribution is 2.52. The van der Waals surface area contributed by atoms with E-state index in [1.807, 2.05) is 52.8 Å². The average molecular weight is 1500 g/mol. The number of nitrogens with zero attached hydrogens (tertiary/aromatic N) is 8. The van der Waals surface area contributed by atoms with E-state index < -0.39 is 136 Å². The quantitative estimate of drug-likeness (QED) is 0.0185. The van der Waals surface area contributed by atoms with Gasteiger partial charge in [-0.1, -0.05) is 110 Å². The van der Waals surface area contributed by atoms with Crippen LogP contribution in [0.25, 0.3) is 21.8 Å². The van der Waals surface area contributed by atoms with Crippen LogP contribution in [0.4, 0.5) is 11.6 Å². The molecule has 3 aromatic carbocycles. The summed E-state index contributed by atoms with van der Waals surface area (Å²) in [7, 11) is -9.53. The first-order valence-electron chi connectivity index (χ1n) is 35.0. The summed E-state index contributed by atoms with van der Waals surface area (Å²) in [6, 6.07) is 26.4. The number of carbonyl (C=O) groups is 6. The zero-order valence-corrected chi connectivity index (χ0v) is 62.4. The van der Waals surface area contributed by atoms with Crippen molar-refractivity contribution in [3.05, 3.63) is 120 Å². The van der Waals surface area contributed by atoms with Crippen molar-refractivity contribution in [2.24, 2.45) is 5.92 Å². The zero-order chi connectivity index (χ0) is 76.6. The van der Waals surface area contributed by atoms with Crippen molar-refractivity contribution < 1.29 is 93.9 Å². The Morgan fingerprint density at radius 2 is 1.21 bits per heavy atom. The number of rotatable bonds is 30. The molecule has 6 N–H and O–H groups in total. The van der Waals surface area contributed by atoms with Crippen LogP contribution in [-0.2, 0) is 101 Å². The first-order valence-corrected chi connectivity index (χ1v) is 38.1. The number of nitriles is 2. The summed E-state index contributed by atoms with van der Waals surface area (Å²) in [5.74, 6) is -4.95. The number of benzene rings is 3. The summed E-state index contributed by atoms with van der Waals surface area (Å²) in [5, 5.41) is 38.4. The minimum Gasteiger partial charge on any atom is -0.464 e. The molecule has 0 radical (unpaired) electrons. The van der Waals surface area contributed by atoms with E-state index in [9.17, 15) is 39.3 Å². The molecule has 1 saturated carbocycles. The van der Waals surface area contributed by atoms with Gasteiger partial charge in [0.1, 0.15) is 71.4 Å². The van der Waals surface area contributed by atoms with Crippen molar-refractivity contribution in [1.29, 1.82) is 10.5 Å². The molecule has 32 nitrogen and oxygen atoms in total. The highest BCUT2D eigenvalue weighted by atomic mass is 31.2. The molecule has 34 heteroatoms. The minimum atomic E-state index is -4.79. The smallest absolute Gasteiger partial charge is 0.459 e. The number of nitrogen functional groups attached to an aromatic ring is 2. The fourth-order valence-corrected chi connectivity index (χ4v) is 15.9. The largest absolute Gasteiger partial charge is 0.464 e. The topological polar surface area (TPSA) is 431 Å². The van der Waals surface area contributed by atoms with Gasteiger partial charge in [0.05, 0.1) is 31.2 Å². The number of nitrogens with two attached hydrogens (primary N) is 2. The number of carbonyl (C=O) groups excluding carboxylic acids is 6. The Labute approximate surface area is 611 Å². The lowest BCUT2D eigenvalue weighted by Crippen LogP contribution is -2.46. The summed E-state index contributed by atoms with van der Waals surface area (Å²) in [6.45, 7) is 16.6. The maximum atomic E-state index is 15.3. The first-order chi connectivity index (χ1) is 50.4. The molecule has 106 heavy (non-hydrogen) atoms. The molecule has 2 aliphatic heterocycles. The maximum Gasteiger partial charge on any atom is 0.459 e. The standard InChI is InChI=1S/C72H88N12O20P2/c1-12-45(13-2)35-93-68(89)41(5)81-106(92,104-54-22-18-20-46-19-16-17-21-51(46)54)95-37-56-62(99-59(87)14-3)64(100-60(88)15-4)72(39-74,102-56)58-34-32-53-66(76)79-67(80-84(53)58)47-23-27-49(28-24-47)98-69(90)42(6)82-105(91,103-50-29-25-48(26-30-50)70(9,10)11)94-36-55-61(96-43(7)85)63(97-44(8)86)71(38-73,101-55)57-33-31-52-65(75)77-40-78-83(52)57/h16-22,25-26,29-34,40-42,45,47,49,55-56,61-64H,12-15,23-24,27-28,35-37H2,1-11H3,(H,81,92)(H,82,91)(H2,75,77,78)(H2,76,79,80)/t41-,42-,47?,49?,55+,56+,61+,62+,63+,64+,71-,72-,105?,106?/m0/s1. The van der Waals surface area contributed by atoms with Gasteiger partial charge in [-0.3, -0.25) is 37.8 Å². The molecule has 3 fully saturated rings. The van der Waals surface area contributed by atoms with Crippen LogP contribution in [0.15, 0.2) is 97.3 Å².